The molecule has 0 spiro atoms. The average Bonchev–Trinajstić information content (AvgIpc) is 2.70. The number of hydrogen-bond acceptors (Lipinski definition) is 5. The Labute approximate surface area is 192 Å². The number of hydrogen-bond donors (Lipinski definition) is 2. The molecule has 1 aromatic heterocycles. The standard InChI is InChI=1S/C23H25F6N3O2/c1-14-10-21(33,15-3-5-16(6-4-15)22(24,25)26)11-17(31-14)13-34-18-9-19(23(27,28)29)20(30-12-18)32-7-2-8-32/h3-6,9,12,14,17,31,33H,2,7-8,10-11,13H2,1H3. The van der Waals surface area contributed by atoms with Crippen LogP contribution in [0.1, 0.15) is 42.9 Å². The van der Waals surface area contributed by atoms with Crippen molar-refractivity contribution in [3.63, 3.8) is 0 Å². The molecule has 0 aliphatic carbocycles. The molecule has 2 N–H and O–H groups in total. The van der Waals surface area contributed by atoms with Crippen LogP contribution in [0, 0.1) is 0 Å². The number of ether oxygens (including phenoxy) is 1. The van der Waals surface area contributed by atoms with E-state index in [2.05, 4.69) is 10.3 Å². The van der Waals surface area contributed by atoms with Gasteiger partial charge in [-0.1, -0.05) is 12.1 Å². The van der Waals surface area contributed by atoms with E-state index >= 15 is 0 Å². The van der Waals surface area contributed by atoms with E-state index in [-0.39, 0.29) is 37.1 Å². The van der Waals surface area contributed by atoms with E-state index in [1.54, 1.807) is 4.90 Å². The van der Waals surface area contributed by atoms with Gasteiger partial charge in [0.05, 0.1) is 17.4 Å². The number of piperidine rings is 1. The zero-order valence-electron chi connectivity index (χ0n) is 18.4. The molecule has 3 unspecified atom stereocenters. The Morgan fingerprint density at radius 3 is 2.32 bits per heavy atom. The first-order valence-electron chi connectivity index (χ1n) is 11.0. The second-order valence-corrected chi connectivity index (χ2v) is 8.97. The molecular weight excluding hydrogens is 464 g/mol. The van der Waals surface area contributed by atoms with Gasteiger partial charge < -0.3 is 20.1 Å². The predicted molar refractivity (Wildman–Crippen MR) is 113 cm³/mol. The molecule has 2 fully saturated rings. The number of anilines is 1. The lowest BCUT2D eigenvalue weighted by molar-refractivity contribution is -0.138. The largest absolute Gasteiger partial charge is 0.490 e. The number of aromatic nitrogens is 1. The van der Waals surface area contributed by atoms with Crippen molar-refractivity contribution in [2.24, 2.45) is 0 Å². The normalized spacial score (nSPS) is 25.7. The molecule has 2 aromatic rings. The van der Waals surface area contributed by atoms with Crippen molar-refractivity contribution in [3.05, 3.63) is 53.2 Å². The summed E-state index contributed by atoms with van der Waals surface area (Å²) in [6.45, 7) is 2.80. The summed E-state index contributed by atoms with van der Waals surface area (Å²) < 4.78 is 84.9. The van der Waals surface area contributed by atoms with Crippen LogP contribution in [0.4, 0.5) is 32.2 Å². The van der Waals surface area contributed by atoms with Gasteiger partial charge in [-0.15, -0.1) is 0 Å². The summed E-state index contributed by atoms with van der Waals surface area (Å²) in [5, 5.41) is 14.4. The van der Waals surface area contributed by atoms with Gasteiger partial charge in [-0.25, -0.2) is 4.98 Å². The molecule has 5 nitrogen and oxygen atoms in total. The zero-order chi connectivity index (χ0) is 24.7. The molecule has 1 aromatic carbocycles. The van der Waals surface area contributed by atoms with Gasteiger partial charge in [0.25, 0.3) is 0 Å². The molecular formula is C23H25F6N3O2. The number of benzene rings is 1. The fraction of sp³-hybridized carbons (Fsp3) is 0.522. The van der Waals surface area contributed by atoms with E-state index in [4.69, 9.17) is 4.74 Å². The molecule has 11 heteroatoms. The molecule has 4 rings (SSSR count). The highest BCUT2D eigenvalue weighted by atomic mass is 19.4. The number of alkyl halides is 6. The van der Waals surface area contributed by atoms with Crippen molar-refractivity contribution in [2.75, 3.05) is 24.6 Å². The third-order valence-corrected chi connectivity index (χ3v) is 6.25. The van der Waals surface area contributed by atoms with E-state index in [1.807, 2.05) is 6.92 Å². The zero-order valence-corrected chi connectivity index (χ0v) is 18.4. The highest BCUT2D eigenvalue weighted by Gasteiger charge is 2.41. The Morgan fingerprint density at radius 2 is 1.76 bits per heavy atom. The number of pyridine rings is 1. The summed E-state index contributed by atoms with van der Waals surface area (Å²) in [7, 11) is 0. The molecule has 0 radical (unpaired) electrons. The van der Waals surface area contributed by atoms with Crippen LogP contribution >= 0.6 is 0 Å². The molecule has 186 valence electrons. The number of nitrogens with one attached hydrogen (secondary N) is 1. The third kappa shape index (κ3) is 5.25. The molecule has 3 atom stereocenters. The summed E-state index contributed by atoms with van der Waals surface area (Å²) in [5.74, 6) is -0.165. The quantitative estimate of drug-likeness (QED) is 0.595. The molecule has 34 heavy (non-hydrogen) atoms. The van der Waals surface area contributed by atoms with Gasteiger partial charge in [0.1, 0.15) is 23.7 Å². The fourth-order valence-corrected chi connectivity index (χ4v) is 4.53. The van der Waals surface area contributed by atoms with Crippen molar-refractivity contribution in [2.45, 2.75) is 56.2 Å². The second-order valence-electron chi connectivity index (χ2n) is 8.97. The molecule has 0 bridgehead atoms. The third-order valence-electron chi connectivity index (χ3n) is 6.25. The molecule has 2 aliphatic rings. The van der Waals surface area contributed by atoms with E-state index in [0.717, 1.165) is 24.6 Å². The van der Waals surface area contributed by atoms with Crippen LogP contribution < -0.4 is 15.0 Å². The van der Waals surface area contributed by atoms with Crippen molar-refractivity contribution < 1.29 is 36.2 Å². The van der Waals surface area contributed by atoms with Gasteiger partial charge in [-0.3, -0.25) is 0 Å². The molecule has 2 aliphatic heterocycles. The molecule has 3 heterocycles. The minimum atomic E-state index is -4.59. The monoisotopic (exact) mass is 489 g/mol. The summed E-state index contributed by atoms with van der Waals surface area (Å²) in [6.07, 6.45) is -6.62. The van der Waals surface area contributed by atoms with Crippen molar-refractivity contribution >= 4 is 5.82 Å². The number of nitrogens with zero attached hydrogens (tertiary/aromatic N) is 2. The maximum absolute atomic E-state index is 13.5. The number of aliphatic hydroxyl groups is 1. The lowest BCUT2D eigenvalue weighted by Crippen LogP contribution is -2.53. The van der Waals surface area contributed by atoms with Crippen LogP contribution in [0.3, 0.4) is 0 Å². The first-order valence-corrected chi connectivity index (χ1v) is 11.0. The van der Waals surface area contributed by atoms with Crippen molar-refractivity contribution in [3.8, 4) is 5.75 Å². The minimum absolute atomic E-state index is 0.0463. The summed E-state index contributed by atoms with van der Waals surface area (Å²) >= 11 is 0. The number of rotatable bonds is 5. The predicted octanol–water partition coefficient (Wildman–Crippen LogP) is 4.74. The molecule has 0 amide bonds. The van der Waals surface area contributed by atoms with Gasteiger partial charge in [0.15, 0.2) is 0 Å². The van der Waals surface area contributed by atoms with Crippen LogP contribution in [-0.2, 0) is 18.0 Å². The lowest BCUT2D eigenvalue weighted by Gasteiger charge is -2.41. The van der Waals surface area contributed by atoms with Gasteiger partial charge in [-0.2, -0.15) is 26.3 Å². The Morgan fingerprint density at radius 1 is 1.09 bits per heavy atom. The van der Waals surface area contributed by atoms with E-state index in [0.29, 0.717) is 18.7 Å². The summed E-state index contributed by atoms with van der Waals surface area (Å²) in [4.78, 5) is 5.53. The smallest absolute Gasteiger partial charge is 0.420 e. The Hall–Kier alpha value is -2.53. The van der Waals surface area contributed by atoms with Crippen LogP contribution in [0.5, 0.6) is 5.75 Å². The van der Waals surface area contributed by atoms with Gasteiger partial charge in [0, 0.05) is 25.2 Å². The lowest BCUT2D eigenvalue weighted by atomic mass is 9.79. The van der Waals surface area contributed by atoms with Crippen LogP contribution in [0.25, 0.3) is 0 Å². The Balaban J connectivity index is 1.47. The Bertz CT molecular complexity index is 1010. The number of halogens is 6. The summed E-state index contributed by atoms with van der Waals surface area (Å²) in [5.41, 5.74) is -2.73. The van der Waals surface area contributed by atoms with E-state index in [1.165, 1.54) is 18.3 Å². The fourth-order valence-electron chi connectivity index (χ4n) is 4.53. The molecule has 0 saturated carbocycles. The van der Waals surface area contributed by atoms with E-state index in [9.17, 15) is 31.4 Å². The van der Waals surface area contributed by atoms with Crippen LogP contribution in [-0.4, -0.2) is 41.9 Å². The van der Waals surface area contributed by atoms with Gasteiger partial charge in [0.2, 0.25) is 0 Å². The maximum Gasteiger partial charge on any atom is 0.420 e. The highest BCUT2D eigenvalue weighted by Crippen LogP contribution is 2.40. The summed E-state index contributed by atoms with van der Waals surface area (Å²) in [6, 6.07) is 4.65. The van der Waals surface area contributed by atoms with Crippen LogP contribution in [0.2, 0.25) is 0 Å². The molecule has 2 saturated heterocycles. The average molecular weight is 489 g/mol. The second kappa shape index (κ2) is 8.92. The maximum atomic E-state index is 13.5. The Kier molecular flexibility index (Phi) is 6.45. The SMILES string of the molecule is CC1CC(O)(c2ccc(C(F)(F)F)cc2)CC(COc2cnc(N3CCC3)c(C(F)(F)F)c2)N1. The van der Waals surface area contributed by atoms with Crippen molar-refractivity contribution in [1.29, 1.82) is 0 Å². The highest BCUT2D eigenvalue weighted by molar-refractivity contribution is 5.52. The van der Waals surface area contributed by atoms with E-state index < -0.39 is 35.1 Å². The van der Waals surface area contributed by atoms with Gasteiger partial charge >= 0.3 is 12.4 Å². The van der Waals surface area contributed by atoms with Crippen LogP contribution in [0.15, 0.2) is 36.5 Å². The first-order chi connectivity index (χ1) is 15.8. The van der Waals surface area contributed by atoms with Gasteiger partial charge in [-0.05, 0) is 49.9 Å². The minimum Gasteiger partial charge on any atom is -0.490 e. The first kappa shape index (κ1) is 24.6. The topological polar surface area (TPSA) is 57.6 Å². The van der Waals surface area contributed by atoms with Crippen molar-refractivity contribution in [1.82, 2.24) is 10.3 Å².